The van der Waals surface area contributed by atoms with E-state index in [9.17, 15) is 0 Å². The fraction of sp³-hybridized carbons (Fsp3) is 0.250. The van der Waals surface area contributed by atoms with Gasteiger partial charge in [0.1, 0.15) is 0 Å². The molecule has 0 saturated heterocycles. The highest BCUT2D eigenvalue weighted by molar-refractivity contribution is 5.94. The maximum Gasteiger partial charge on any atom is 0.213 e. The van der Waals surface area contributed by atoms with Crippen LogP contribution in [-0.4, -0.2) is 30.7 Å². The largest absolute Gasteiger partial charge is 0.481 e. The predicted molar refractivity (Wildman–Crippen MR) is 113 cm³/mol. The summed E-state index contributed by atoms with van der Waals surface area (Å²) in [6.07, 6.45) is 4.63. The normalized spacial score (nSPS) is 16.7. The van der Waals surface area contributed by atoms with Crippen molar-refractivity contribution in [2.75, 3.05) is 25.6 Å². The molecule has 2 aliphatic rings. The maximum atomic E-state index is 5.24. The highest BCUT2D eigenvalue weighted by atomic mass is 16.5. The summed E-state index contributed by atoms with van der Waals surface area (Å²) in [5.74, 6) is 0.645. The summed E-state index contributed by atoms with van der Waals surface area (Å²) in [7, 11) is 3.84. The zero-order valence-corrected chi connectivity index (χ0v) is 16.1. The minimum Gasteiger partial charge on any atom is -0.481 e. The third kappa shape index (κ3) is 2.18. The lowest BCUT2D eigenvalue weighted by molar-refractivity contribution is 0.399. The van der Waals surface area contributed by atoms with Crippen LogP contribution in [0.15, 0.2) is 54.7 Å². The van der Waals surface area contributed by atoms with Crippen LogP contribution in [0.3, 0.4) is 0 Å². The van der Waals surface area contributed by atoms with Gasteiger partial charge in [0.15, 0.2) is 0 Å². The molecule has 0 radical (unpaired) electrons. The Labute approximate surface area is 163 Å². The first-order valence-electron chi connectivity index (χ1n) is 9.76. The fourth-order valence-electron chi connectivity index (χ4n) is 4.79. The molecule has 0 unspecified atom stereocenters. The number of ether oxygens (including phenoxy) is 1. The molecule has 4 nitrogen and oxygen atoms in total. The van der Waals surface area contributed by atoms with E-state index in [-0.39, 0.29) is 0 Å². The average molecular weight is 367 g/mol. The fourth-order valence-corrected chi connectivity index (χ4v) is 4.79. The zero-order chi connectivity index (χ0) is 18.9. The van der Waals surface area contributed by atoms with E-state index in [2.05, 4.69) is 65.6 Å². The predicted octanol–water partition coefficient (Wildman–Crippen LogP) is 4.94. The summed E-state index contributed by atoms with van der Waals surface area (Å²) in [6.45, 7) is 1.12. The van der Waals surface area contributed by atoms with Crippen molar-refractivity contribution in [2.24, 2.45) is 0 Å². The minimum atomic E-state index is 0.355. The smallest absolute Gasteiger partial charge is 0.213 e. The van der Waals surface area contributed by atoms with Crippen LogP contribution in [0.25, 0.3) is 32.9 Å². The number of rotatable bonds is 2. The van der Waals surface area contributed by atoms with Crippen LogP contribution < -0.4 is 9.64 Å². The van der Waals surface area contributed by atoms with Gasteiger partial charge < -0.3 is 9.64 Å². The lowest BCUT2D eigenvalue weighted by Gasteiger charge is -2.13. The van der Waals surface area contributed by atoms with E-state index >= 15 is 0 Å². The highest BCUT2D eigenvalue weighted by Gasteiger charge is 2.51. The average Bonchev–Trinajstić information content (AvgIpc) is 3.45. The molecule has 0 amide bonds. The van der Waals surface area contributed by atoms with E-state index in [0.29, 0.717) is 11.3 Å². The van der Waals surface area contributed by atoms with Gasteiger partial charge in [-0.15, -0.1) is 0 Å². The van der Waals surface area contributed by atoms with Crippen LogP contribution in [0.2, 0.25) is 0 Å². The van der Waals surface area contributed by atoms with E-state index in [1.54, 1.807) is 7.11 Å². The topological polar surface area (TPSA) is 38.2 Å². The first kappa shape index (κ1) is 15.9. The Kier molecular flexibility index (Phi) is 3.09. The zero-order valence-electron chi connectivity index (χ0n) is 16.1. The van der Waals surface area contributed by atoms with Gasteiger partial charge in [-0.25, -0.2) is 4.98 Å². The highest BCUT2D eigenvalue weighted by Crippen LogP contribution is 2.58. The van der Waals surface area contributed by atoms with Gasteiger partial charge >= 0.3 is 0 Å². The van der Waals surface area contributed by atoms with Gasteiger partial charge in [0.05, 0.1) is 30.0 Å². The molecule has 2 aromatic carbocycles. The Morgan fingerprint density at radius 3 is 2.54 bits per heavy atom. The van der Waals surface area contributed by atoms with Gasteiger partial charge in [-0.1, -0.05) is 12.1 Å². The van der Waals surface area contributed by atoms with Gasteiger partial charge in [-0.05, 0) is 59.9 Å². The lowest BCUT2D eigenvalue weighted by atomic mass is 9.92. The van der Waals surface area contributed by atoms with Crippen molar-refractivity contribution < 1.29 is 4.74 Å². The molecule has 2 aromatic heterocycles. The van der Waals surface area contributed by atoms with Crippen molar-refractivity contribution >= 4 is 27.5 Å². The molecule has 3 heterocycles. The molecular weight excluding hydrogens is 346 g/mol. The Morgan fingerprint density at radius 2 is 1.75 bits per heavy atom. The van der Waals surface area contributed by atoms with Crippen LogP contribution >= 0.6 is 0 Å². The van der Waals surface area contributed by atoms with E-state index < -0.39 is 0 Å². The number of likely N-dealkylation sites (N-methyl/N-ethyl adjacent to an activating group) is 1. The monoisotopic (exact) mass is 367 g/mol. The molecule has 1 aliphatic heterocycles. The summed E-state index contributed by atoms with van der Waals surface area (Å²) < 4.78 is 5.24. The molecular formula is C24H21N3O. The number of anilines is 1. The number of hydrogen-bond acceptors (Lipinski definition) is 4. The molecule has 4 heteroatoms. The van der Waals surface area contributed by atoms with Crippen molar-refractivity contribution in [1.82, 2.24) is 9.97 Å². The number of benzene rings is 2. The molecule has 0 bridgehead atoms. The maximum absolute atomic E-state index is 5.24. The number of methoxy groups -OCH3 is 1. The number of aromatic nitrogens is 2. The second-order valence-electron chi connectivity index (χ2n) is 8.15. The summed E-state index contributed by atoms with van der Waals surface area (Å²) in [6, 6.07) is 17.1. The first-order chi connectivity index (χ1) is 13.7. The number of hydrogen-bond donors (Lipinski definition) is 0. The van der Waals surface area contributed by atoms with E-state index in [1.165, 1.54) is 40.6 Å². The Hall–Kier alpha value is -3.14. The molecule has 6 rings (SSSR count). The quantitative estimate of drug-likeness (QED) is 0.503. The molecule has 4 aromatic rings. The molecule has 1 fully saturated rings. The Bertz CT molecular complexity index is 1260. The molecule has 0 atom stereocenters. The van der Waals surface area contributed by atoms with Crippen LogP contribution in [-0.2, 0) is 5.41 Å². The Morgan fingerprint density at radius 1 is 0.964 bits per heavy atom. The van der Waals surface area contributed by atoms with Gasteiger partial charge in [0.2, 0.25) is 5.88 Å². The lowest BCUT2D eigenvalue weighted by Crippen LogP contribution is -2.18. The van der Waals surface area contributed by atoms with Crippen LogP contribution in [0, 0.1) is 0 Å². The van der Waals surface area contributed by atoms with Gasteiger partial charge in [0.25, 0.3) is 0 Å². The molecule has 138 valence electrons. The van der Waals surface area contributed by atoms with Crippen molar-refractivity contribution in [2.45, 2.75) is 18.3 Å². The summed E-state index contributed by atoms with van der Waals surface area (Å²) in [5, 5.41) is 2.43. The number of pyridine rings is 2. The number of nitrogens with zero attached hydrogens (tertiary/aromatic N) is 3. The molecule has 1 aliphatic carbocycles. The standard InChI is InChI=1S/C24H21N3O/c1-27-14-24(9-10-24)23-18-12-16(4-7-20(18)25-13-21(23)27)15-3-6-19-17(11-15)5-8-22(26-19)28-2/h3-8,11-13H,9-10,14H2,1-2H3. The van der Waals surface area contributed by atoms with Crippen molar-refractivity contribution in [1.29, 1.82) is 0 Å². The molecule has 0 N–H and O–H groups in total. The molecule has 1 saturated carbocycles. The summed E-state index contributed by atoms with van der Waals surface area (Å²) in [4.78, 5) is 11.6. The van der Waals surface area contributed by atoms with Gasteiger partial charge in [-0.3, -0.25) is 4.98 Å². The third-order valence-electron chi connectivity index (χ3n) is 6.39. The number of fused-ring (bicyclic) bond motifs is 5. The SMILES string of the molecule is COc1ccc2cc(-c3ccc4ncc5c(c4c3)C3(CC3)CN5C)ccc2n1. The second-order valence-corrected chi connectivity index (χ2v) is 8.15. The first-order valence-corrected chi connectivity index (χ1v) is 9.76. The third-order valence-corrected chi connectivity index (χ3v) is 6.39. The second kappa shape index (κ2) is 5.44. The van der Waals surface area contributed by atoms with Crippen LogP contribution in [0.5, 0.6) is 5.88 Å². The molecule has 1 spiro atoms. The Balaban J connectivity index is 1.53. The van der Waals surface area contributed by atoms with E-state index in [0.717, 1.165) is 23.0 Å². The van der Waals surface area contributed by atoms with Crippen molar-refractivity contribution in [3.63, 3.8) is 0 Å². The van der Waals surface area contributed by atoms with E-state index in [1.807, 2.05) is 6.07 Å². The van der Waals surface area contributed by atoms with Crippen molar-refractivity contribution in [3.8, 4) is 17.0 Å². The summed E-state index contributed by atoms with van der Waals surface area (Å²) >= 11 is 0. The van der Waals surface area contributed by atoms with Gasteiger partial charge in [-0.2, -0.15) is 0 Å². The van der Waals surface area contributed by atoms with E-state index in [4.69, 9.17) is 9.72 Å². The minimum absolute atomic E-state index is 0.355. The molecule has 28 heavy (non-hydrogen) atoms. The van der Waals surface area contributed by atoms with Crippen LogP contribution in [0.1, 0.15) is 18.4 Å². The van der Waals surface area contributed by atoms with Gasteiger partial charge in [0, 0.05) is 35.8 Å². The van der Waals surface area contributed by atoms with Crippen LogP contribution in [0.4, 0.5) is 5.69 Å². The summed E-state index contributed by atoms with van der Waals surface area (Å²) in [5.41, 5.74) is 7.64. The van der Waals surface area contributed by atoms with Crippen molar-refractivity contribution in [3.05, 3.63) is 60.3 Å².